The zero-order valence-corrected chi connectivity index (χ0v) is 18.0. The van der Waals surface area contributed by atoms with Gasteiger partial charge in [-0.1, -0.05) is 19.0 Å². The Kier molecular flexibility index (Phi) is 8.68. The van der Waals surface area contributed by atoms with E-state index in [1.807, 2.05) is 20.0 Å². The Morgan fingerprint density at radius 1 is 1.38 bits per heavy atom. The summed E-state index contributed by atoms with van der Waals surface area (Å²) >= 11 is 1.73. The summed E-state index contributed by atoms with van der Waals surface area (Å²) in [6, 6.07) is 0. The Morgan fingerprint density at radius 2 is 2.12 bits per heavy atom. The molecule has 2 rings (SSSR count). The molecule has 2 heterocycles. The summed E-state index contributed by atoms with van der Waals surface area (Å²) in [7, 11) is 1.77. The fourth-order valence-corrected chi connectivity index (χ4v) is 3.32. The third-order valence-electron chi connectivity index (χ3n) is 3.74. The lowest BCUT2D eigenvalue weighted by Crippen LogP contribution is -2.38. The molecule has 0 radical (unpaired) electrons. The van der Waals surface area contributed by atoms with Crippen LogP contribution in [0.2, 0.25) is 0 Å². The van der Waals surface area contributed by atoms with E-state index in [0.717, 1.165) is 35.4 Å². The zero-order chi connectivity index (χ0) is 16.8. The third-order valence-corrected chi connectivity index (χ3v) is 4.88. The molecular weight excluding hydrogens is 437 g/mol. The molecule has 1 atom stereocenters. The Hall–Kier alpha value is -1.16. The first kappa shape index (κ1) is 20.9. The van der Waals surface area contributed by atoms with Gasteiger partial charge in [-0.15, -0.1) is 35.3 Å². The van der Waals surface area contributed by atoms with Gasteiger partial charge in [0, 0.05) is 36.1 Å². The Morgan fingerprint density at radius 3 is 2.67 bits per heavy atom. The predicted octanol–water partition coefficient (Wildman–Crippen LogP) is 3.40. The molecule has 0 aliphatic carbocycles. The maximum atomic E-state index is 5.24. The molecule has 134 valence electrons. The molecule has 0 spiro atoms. The minimum atomic E-state index is 0. The van der Waals surface area contributed by atoms with Gasteiger partial charge in [-0.05, 0) is 20.3 Å². The first-order valence-corrected chi connectivity index (χ1v) is 8.67. The van der Waals surface area contributed by atoms with E-state index in [2.05, 4.69) is 39.6 Å². The highest BCUT2D eigenvalue weighted by Crippen LogP contribution is 2.22. The fraction of sp³-hybridized carbons (Fsp3) is 0.562. The molecule has 2 aromatic rings. The average molecular weight is 463 g/mol. The number of nitrogens with one attached hydrogen (secondary N) is 2. The zero-order valence-electron chi connectivity index (χ0n) is 14.8. The number of hydrogen-bond acceptors (Lipinski definition) is 5. The van der Waals surface area contributed by atoms with Crippen LogP contribution < -0.4 is 10.6 Å². The molecular formula is C16H26IN5OS. The quantitative estimate of drug-likeness (QED) is 0.390. The molecule has 24 heavy (non-hydrogen) atoms. The second-order valence-electron chi connectivity index (χ2n) is 5.52. The molecule has 8 heteroatoms. The van der Waals surface area contributed by atoms with Gasteiger partial charge < -0.3 is 15.2 Å². The van der Waals surface area contributed by atoms with Crippen LogP contribution in [0.1, 0.15) is 46.7 Å². The molecule has 2 N–H and O–H groups in total. The minimum absolute atomic E-state index is 0. The largest absolute Gasteiger partial charge is 0.361 e. The highest BCUT2D eigenvalue weighted by atomic mass is 127. The molecule has 0 aliphatic rings. The summed E-state index contributed by atoms with van der Waals surface area (Å²) < 4.78 is 5.24. The van der Waals surface area contributed by atoms with Crippen molar-refractivity contribution in [2.75, 3.05) is 13.6 Å². The second-order valence-corrected chi connectivity index (χ2v) is 6.72. The fourth-order valence-electron chi connectivity index (χ4n) is 2.52. The van der Waals surface area contributed by atoms with Gasteiger partial charge in [-0.2, -0.15) is 0 Å². The molecule has 0 aromatic carbocycles. The van der Waals surface area contributed by atoms with Crippen molar-refractivity contribution in [3.63, 3.8) is 0 Å². The molecule has 6 nitrogen and oxygen atoms in total. The standard InChI is InChI=1S/C16H25N5OS.HI/c1-6-13-8-18-14(23-13)9-20-16(17-5)19-7-10(2)15-11(3)21-22-12(15)4;/h8,10H,6-7,9H2,1-5H3,(H2,17,19,20);1H. The monoisotopic (exact) mass is 463 g/mol. The SMILES string of the molecule is CCc1cnc(CNC(=NC)NCC(C)c2c(C)noc2C)s1.I. The molecule has 0 bridgehead atoms. The summed E-state index contributed by atoms with van der Waals surface area (Å²) in [5.74, 6) is 1.96. The highest BCUT2D eigenvalue weighted by molar-refractivity contribution is 14.0. The maximum absolute atomic E-state index is 5.24. The number of halogens is 1. The smallest absolute Gasteiger partial charge is 0.191 e. The van der Waals surface area contributed by atoms with Crippen LogP contribution in [0.3, 0.4) is 0 Å². The van der Waals surface area contributed by atoms with Crippen LogP contribution in [-0.2, 0) is 13.0 Å². The molecule has 1 unspecified atom stereocenters. The van der Waals surface area contributed by atoms with Crippen LogP contribution in [-0.4, -0.2) is 29.7 Å². The number of hydrogen-bond donors (Lipinski definition) is 2. The summed E-state index contributed by atoms with van der Waals surface area (Å²) in [6.07, 6.45) is 2.97. The highest BCUT2D eigenvalue weighted by Gasteiger charge is 2.16. The molecule has 0 fully saturated rings. The van der Waals surface area contributed by atoms with Crippen molar-refractivity contribution >= 4 is 41.3 Å². The van der Waals surface area contributed by atoms with E-state index in [1.54, 1.807) is 18.4 Å². The first-order chi connectivity index (χ1) is 11.0. The van der Waals surface area contributed by atoms with Crippen molar-refractivity contribution in [3.05, 3.63) is 33.1 Å². The van der Waals surface area contributed by atoms with Crippen molar-refractivity contribution in [1.82, 2.24) is 20.8 Å². The van der Waals surface area contributed by atoms with E-state index < -0.39 is 0 Å². The summed E-state index contributed by atoms with van der Waals surface area (Å²) in [6.45, 7) is 9.67. The van der Waals surface area contributed by atoms with Gasteiger partial charge >= 0.3 is 0 Å². The molecule has 0 aliphatic heterocycles. The maximum Gasteiger partial charge on any atom is 0.191 e. The second kappa shape index (κ2) is 9.97. The van der Waals surface area contributed by atoms with Gasteiger partial charge in [-0.25, -0.2) is 4.98 Å². The number of nitrogens with zero attached hydrogens (tertiary/aromatic N) is 3. The predicted molar refractivity (Wildman–Crippen MR) is 110 cm³/mol. The van der Waals surface area contributed by atoms with Gasteiger partial charge in [0.05, 0.1) is 12.2 Å². The van der Waals surface area contributed by atoms with Gasteiger partial charge in [0.1, 0.15) is 10.8 Å². The van der Waals surface area contributed by atoms with Crippen molar-refractivity contribution in [3.8, 4) is 0 Å². The summed E-state index contributed by atoms with van der Waals surface area (Å²) in [4.78, 5) is 9.97. The lowest BCUT2D eigenvalue weighted by molar-refractivity contribution is 0.391. The number of thiazole rings is 1. The van der Waals surface area contributed by atoms with Crippen LogP contribution in [0.15, 0.2) is 15.7 Å². The van der Waals surface area contributed by atoms with Gasteiger partial charge in [0.15, 0.2) is 5.96 Å². The van der Waals surface area contributed by atoms with E-state index in [-0.39, 0.29) is 24.0 Å². The van der Waals surface area contributed by atoms with E-state index in [9.17, 15) is 0 Å². The van der Waals surface area contributed by atoms with Crippen LogP contribution in [0, 0.1) is 13.8 Å². The molecule has 2 aromatic heterocycles. The Bertz CT molecular complexity index is 648. The van der Waals surface area contributed by atoms with E-state index in [1.165, 1.54) is 10.4 Å². The third kappa shape index (κ3) is 5.44. The van der Waals surface area contributed by atoms with Gasteiger partial charge in [0.25, 0.3) is 0 Å². The number of aryl methyl sites for hydroxylation is 3. The summed E-state index contributed by atoms with van der Waals surface area (Å²) in [5, 5.41) is 11.7. The number of aromatic nitrogens is 2. The summed E-state index contributed by atoms with van der Waals surface area (Å²) in [5.41, 5.74) is 2.12. The van der Waals surface area contributed by atoms with Crippen molar-refractivity contribution in [2.45, 2.75) is 46.6 Å². The number of guanidine groups is 1. The van der Waals surface area contributed by atoms with Crippen molar-refractivity contribution in [2.24, 2.45) is 4.99 Å². The normalized spacial score (nSPS) is 12.6. The van der Waals surface area contributed by atoms with Crippen molar-refractivity contribution in [1.29, 1.82) is 0 Å². The van der Waals surface area contributed by atoms with E-state index in [4.69, 9.17) is 4.52 Å². The minimum Gasteiger partial charge on any atom is -0.361 e. The topological polar surface area (TPSA) is 75.3 Å². The van der Waals surface area contributed by atoms with E-state index in [0.29, 0.717) is 12.5 Å². The average Bonchev–Trinajstić information content (AvgIpc) is 3.14. The number of aliphatic imine (C=N–C) groups is 1. The van der Waals surface area contributed by atoms with Crippen LogP contribution in [0.5, 0.6) is 0 Å². The lowest BCUT2D eigenvalue weighted by atomic mass is 10.00. The molecule has 0 saturated heterocycles. The van der Waals surface area contributed by atoms with Gasteiger partial charge in [0.2, 0.25) is 0 Å². The first-order valence-electron chi connectivity index (χ1n) is 7.86. The number of rotatable bonds is 6. The van der Waals surface area contributed by atoms with Crippen molar-refractivity contribution < 1.29 is 4.52 Å². The van der Waals surface area contributed by atoms with Crippen LogP contribution >= 0.6 is 35.3 Å². The Balaban J connectivity index is 0.00000288. The molecule has 0 saturated carbocycles. The molecule has 0 amide bonds. The van der Waals surface area contributed by atoms with Crippen LogP contribution in [0.25, 0.3) is 0 Å². The van der Waals surface area contributed by atoms with Gasteiger partial charge in [-0.3, -0.25) is 4.99 Å². The lowest BCUT2D eigenvalue weighted by Gasteiger charge is -2.15. The van der Waals surface area contributed by atoms with E-state index >= 15 is 0 Å². The Labute approximate surface area is 164 Å². The van der Waals surface area contributed by atoms with Crippen LogP contribution in [0.4, 0.5) is 0 Å².